The summed E-state index contributed by atoms with van der Waals surface area (Å²) >= 11 is 0. The second-order valence-corrected chi connectivity index (χ2v) is 8.14. The van der Waals surface area contributed by atoms with Crippen LogP contribution < -0.4 is 5.32 Å². The lowest BCUT2D eigenvalue weighted by atomic mass is 10.4. The lowest BCUT2D eigenvalue weighted by Crippen LogP contribution is -2.30. The van der Waals surface area contributed by atoms with Crippen LogP contribution in [0.5, 0.6) is 0 Å². The predicted octanol–water partition coefficient (Wildman–Crippen LogP) is 1.03. The summed E-state index contributed by atoms with van der Waals surface area (Å²) in [6.45, 7) is 5.19. The van der Waals surface area contributed by atoms with Gasteiger partial charge in [0.1, 0.15) is 4.90 Å². The van der Waals surface area contributed by atoms with Gasteiger partial charge in [0.2, 0.25) is 10.0 Å². The van der Waals surface area contributed by atoms with E-state index in [1.54, 1.807) is 14.0 Å². The van der Waals surface area contributed by atoms with Gasteiger partial charge in [-0.3, -0.25) is 4.68 Å². The Morgan fingerprint density at radius 3 is 2.52 bits per heavy atom. The molecule has 0 aromatic carbocycles. The molecule has 118 valence electrons. The Labute approximate surface area is 126 Å². The lowest BCUT2D eigenvalue weighted by molar-refractivity contribution is 0.463. The predicted molar refractivity (Wildman–Crippen MR) is 80.7 cm³/mol. The third-order valence-electron chi connectivity index (χ3n) is 4.35. The Morgan fingerprint density at radius 1 is 1.29 bits per heavy atom. The summed E-state index contributed by atoms with van der Waals surface area (Å²) in [5, 5.41) is 7.86. The highest BCUT2D eigenvalue weighted by atomic mass is 32.2. The normalized spacial score (nSPS) is 19.4. The standard InChI is InChI=1S/C14H24N4O2S/c1-10-14(21(19,20)17(3)13-6-7-13)11(2)18(16-10)9-8-15-12-4-5-12/h12-13,15H,4-9H2,1-3H3. The van der Waals surface area contributed by atoms with E-state index in [0.717, 1.165) is 25.1 Å². The van der Waals surface area contributed by atoms with Crippen molar-refractivity contribution in [1.29, 1.82) is 0 Å². The molecule has 0 spiro atoms. The molecule has 0 saturated heterocycles. The maximum absolute atomic E-state index is 12.7. The molecule has 1 aromatic heterocycles. The van der Waals surface area contributed by atoms with Crippen molar-refractivity contribution in [3.8, 4) is 0 Å². The van der Waals surface area contributed by atoms with Crippen LogP contribution >= 0.6 is 0 Å². The molecule has 1 heterocycles. The van der Waals surface area contributed by atoms with Gasteiger partial charge in [0, 0.05) is 25.7 Å². The molecular formula is C14H24N4O2S. The molecule has 21 heavy (non-hydrogen) atoms. The quantitative estimate of drug-likeness (QED) is 0.817. The molecule has 1 aromatic rings. The second kappa shape index (κ2) is 5.37. The Morgan fingerprint density at radius 2 is 1.95 bits per heavy atom. The SMILES string of the molecule is Cc1nn(CCNC2CC2)c(C)c1S(=O)(=O)N(C)C1CC1. The summed E-state index contributed by atoms with van der Waals surface area (Å²) < 4.78 is 28.8. The molecule has 0 radical (unpaired) electrons. The van der Waals surface area contributed by atoms with Crippen LogP contribution in [0.3, 0.4) is 0 Å². The average Bonchev–Trinajstić information content (AvgIpc) is 3.30. The lowest BCUT2D eigenvalue weighted by Gasteiger charge is -2.16. The number of aryl methyl sites for hydroxylation is 1. The minimum absolute atomic E-state index is 0.175. The Balaban J connectivity index is 1.79. The molecule has 2 saturated carbocycles. The largest absolute Gasteiger partial charge is 0.312 e. The van der Waals surface area contributed by atoms with E-state index < -0.39 is 10.0 Å². The molecule has 0 bridgehead atoms. The summed E-state index contributed by atoms with van der Waals surface area (Å²) in [6.07, 6.45) is 4.44. The van der Waals surface area contributed by atoms with E-state index in [4.69, 9.17) is 0 Å². The fourth-order valence-corrected chi connectivity index (χ4v) is 4.50. The molecule has 0 aliphatic heterocycles. The number of nitrogens with zero attached hydrogens (tertiary/aromatic N) is 3. The van der Waals surface area contributed by atoms with Crippen LogP contribution in [0, 0.1) is 13.8 Å². The van der Waals surface area contributed by atoms with Gasteiger partial charge in [0.05, 0.1) is 17.9 Å². The molecular weight excluding hydrogens is 288 g/mol. The third-order valence-corrected chi connectivity index (χ3v) is 6.51. The average molecular weight is 312 g/mol. The molecule has 6 nitrogen and oxygen atoms in total. The first-order valence-electron chi connectivity index (χ1n) is 7.66. The van der Waals surface area contributed by atoms with Gasteiger partial charge in [-0.25, -0.2) is 8.42 Å². The van der Waals surface area contributed by atoms with Gasteiger partial charge in [-0.2, -0.15) is 9.40 Å². The number of sulfonamides is 1. The van der Waals surface area contributed by atoms with Crippen LogP contribution in [-0.4, -0.2) is 48.2 Å². The molecule has 7 heteroatoms. The summed E-state index contributed by atoms with van der Waals surface area (Å²) in [7, 11) is -1.74. The highest BCUT2D eigenvalue weighted by molar-refractivity contribution is 7.89. The van der Waals surface area contributed by atoms with E-state index in [-0.39, 0.29) is 6.04 Å². The second-order valence-electron chi connectivity index (χ2n) is 6.20. The van der Waals surface area contributed by atoms with Crippen LogP contribution in [-0.2, 0) is 16.6 Å². The van der Waals surface area contributed by atoms with Crippen molar-refractivity contribution < 1.29 is 8.42 Å². The van der Waals surface area contributed by atoms with Crippen LogP contribution in [0.15, 0.2) is 4.90 Å². The minimum Gasteiger partial charge on any atom is -0.312 e. The highest BCUT2D eigenvalue weighted by Gasteiger charge is 2.37. The van der Waals surface area contributed by atoms with Gasteiger partial charge in [-0.15, -0.1) is 0 Å². The van der Waals surface area contributed by atoms with E-state index in [2.05, 4.69) is 10.4 Å². The van der Waals surface area contributed by atoms with Gasteiger partial charge in [0.25, 0.3) is 0 Å². The van der Waals surface area contributed by atoms with Crippen molar-refractivity contribution in [1.82, 2.24) is 19.4 Å². The number of nitrogens with one attached hydrogen (secondary N) is 1. The monoisotopic (exact) mass is 312 g/mol. The summed E-state index contributed by atoms with van der Waals surface area (Å²) in [5.41, 5.74) is 1.35. The van der Waals surface area contributed by atoms with Gasteiger partial charge in [-0.05, 0) is 39.5 Å². The van der Waals surface area contributed by atoms with Crippen LogP contribution in [0.1, 0.15) is 37.1 Å². The topological polar surface area (TPSA) is 67.2 Å². The summed E-state index contributed by atoms with van der Waals surface area (Å²) in [4.78, 5) is 0.392. The summed E-state index contributed by atoms with van der Waals surface area (Å²) in [5.74, 6) is 0. The van der Waals surface area contributed by atoms with Gasteiger partial charge in [0.15, 0.2) is 0 Å². The first-order chi connectivity index (χ1) is 9.91. The molecule has 2 fully saturated rings. The number of aromatic nitrogens is 2. The van der Waals surface area contributed by atoms with Crippen LogP contribution in [0.4, 0.5) is 0 Å². The smallest absolute Gasteiger partial charge is 0.246 e. The first-order valence-corrected chi connectivity index (χ1v) is 9.10. The van der Waals surface area contributed by atoms with Gasteiger partial charge in [-0.1, -0.05) is 0 Å². The molecule has 0 amide bonds. The van der Waals surface area contributed by atoms with Crippen molar-refractivity contribution in [2.24, 2.45) is 0 Å². The van der Waals surface area contributed by atoms with Gasteiger partial charge >= 0.3 is 0 Å². The Hall–Kier alpha value is -0.920. The molecule has 2 aliphatic rings. The van der Waals surface area contributed by atoms with E-state index in [1.165, 1.54) is 17.1 Å². The van der Waals surface area contributed by atoms with Crippen molar-refractivity contribution in [2.45, 2.75) is 63.1 Å². The van der Waals surface area contributed by atoms with E-state index in [1.807, 2.05) is 11.6 Å². The zero-order valence-electron chi connectivity index (χ0n) is 13.0. The molecule has 0 atom stereocenters. The molecule has 0 unspecified atom stereocenters. The van der Waals surface area contributed by atoms with Crippen molar-refractivity contribution in [3.05, 3.63) is 11.4 Å². The first kappa shape index (κ1) is 15.0. The van der Waals surface area contributed by atoms with Crippen molar-refractivity contribution in [2.75, 3.05) is 13.6 Å². The highest BCUT2D eigenvalue weighted by Crippen LogP contribution is 2.32. The third kappa shape index (κ3) is 3.00. The van der Waals surface area contributed by atoms with Crippen LogP contribution in [0.25, 0.3) is 0 Å². The minimum atomic E-state index is -3.42. The molecule has 2 aliphatic carbocycles. The zero-order valence-corrected chi connectivity index (χ0v) is 13.8. The number of rotatable bonds is 7. The zero-order chi connectivity index (χ0) is 15.2. The fourth-order valence-electron chi connectivity index (χ4n) is 2.71. The van der Waals surface area contributed by atoms with Crippen molar-refractivity contribution in [3.63, 3.8) is 0 Å². The number of hydrogen-bond donors (Lipinski definition) is 1. The maximum atomic E-state index is 12.7. The van der Waals surface area contributed by atoms with Gasteiger partial charge < -0.3 is 5.32 Å². The molecule has 1 N–H and O–H groups in total. The Kier molecular flexibility index (Phi) is 3.83. The fraction of sp³-hybridized carbons (Fsp3) is 0.786. The van der Waals surface area contributed by atoms with E-state index in [9.17, 15) is 8.42 Å². The Bertz CT molecular complexity index is 630. The summed E-state index contributed by atoms with van der Waals surface area (Å²) in [6, 6.07) is 0.833. The van der Waals surface area contributed by atoms with Crippen LogP contribution in [0.2, 0.25) is 0 Å². The van der Waals surface area contributed by atoms with E-state index in [0.29, 0.717) is 23.2 Å². The van der Waals surface area contributed by atoms with E-state index >= 15 is 0 Å². The van der Waals surface area contributed by atoms with Crippen molar-refractivity contribution >= 4 is 10.0 Å². The maximum Gasteiger partial charge on any atom is 0.246 e. The molecule has 3 rings (SSSR count). The number of hydrogen-bond acceptors (Lipinski definition) is 4.